The molecule has 92 valence electrons. The molecular weight excluding hydrogens is 236 g/mol. The number of nitrogen functional groups attached to an aromatic ring is 1. The molecule has 0 radical (unpaired) electrons. The Morgan fingerprint density at radius 3 is 2.88 bits per heavy atom. The van der Waals surface area contributed by atoms with Crippen molar-refractivity contribution in [1.29, 1.82) is 0 Å². The van der Waals surface area contributed by atoms with Crippen LogP contribution in [0.1, 0.15) is 17.3 Å². The van der Waals surface area contributed by atoms with Gasteiger partial charge in [0.2, 0.25) is 0 Å². The zero-order chi connectivity index (χ0) is 12.3. The minimum Gasteiger partial charge on any atom is -0.398 e. The summed E-state index contributed by atoms with van der Waals surface area (Å²) in [5.74, 6) is -0.0808. The lowest BCUT2D eigenvalue weighted by molar-refractivity contribution is 0.0455. The van der Waals surface area contributed by atoms with Crippen molar-refractivity contribution >= 4 is 23.4 Å². The van der Waals surface area contributed by atoms with Crippen molar-refractivity contribution in [1.82, 2.24) is 5.32 Å². The Balaban J connectivity index is 2.07. The second kappa shape index (κ2) is 5.42. The van der Waals surface area contributed by atoms with Crippen LogP contribution in [0.25, 0.3) is 0 Å². The van der Waals surface area contributed by atoms with Gasteiger partial charge >= 0.3 is 0 Å². The molecule has 0 saturated carbocycles. The first kappa shape index (κ1) is 12.3. The summed E-state index contributed by atoms with van der Waals surface area (Å²) in [6.45, 7) is 4.07. The molecule has 1 fully saturated rings. The molecule has 0 bridgehead atoms. The quantitative estimate of drug-likeness (QED) is 0.797. The van der Waals surface area contributed by atoms with Gasteiger partial charge in [0, 0.05) is 22.7 Å². The van der Waals surface area contributed by atoms with Crippen LogP contribution in [0.3, 0.4) is 0 Å². The van der Waals surface area contributed by atoms with Crippen LogP contribution in [0.15, 0.2) is 23.1 Å². The maximum Gasteiger partial charge on any atom is 0.251 e. The molecule has 1 aromatic carbocycles. The molecular formula is C12H16N2O2S. The minimum absolute atomic E-state index is 0.0808. The molecule has 1 aliphatic rings. The van der Waals surface area contributed by atoms with Crippen LogP contribution >= 0.6 is 11.8 Å². The second-order valence-corrected chi connectivity index (χ2v) is 5.23. The van der Waals surface area contributed by atoms with E-state index in [9.17, 15) is 4.79 Å². The normalized spacial score (nSPS) is 15.4. The third kappa shape index (κ3) is 2.92. The number of rotatable bonds is 4. The van der Waals surface area contributed by atoms with Crippen LogP contribution in [0.2, 0.25) is 0 Å². The summed E-state index contributed by atoms with van der Waals surface area (Å²) in [7, 11) is 0. The van der Waals surface area contributed by atoms with Crippen molar-refractivity contribution in [3.8, 4) is 0 Å². The second-order valence-electron chi connectivity index (χ2n) is 3.89. The van der Waals surface area contributed by atoms with Crippen molar-refractivity contribution < 1.29 is 9.53 Å². The molecule has 4 nitrogen and oxygen atoms in total. The molecule has 1 heterocycles. The number of amides is 1. The minimum atomic E-state index is -0.0808. The molecule has 2 rings (SSSR count). The zero-order valence-corrected chi connectivity index (χ0v) is 10.5. The Hall–Kier alpha value is -1.20. The average molecular weight is 252 g/mol. The monoisotopic (exact) mass is 252 g/mol. The number of carbonyl (C=O) groups is 1. The molecule has 0 spiro atoms. The number of hydrogen-bond donors (Lipinski definition) is 2. The Morgan fingerprint density at radius 1 is 1.59 bits per heavy atom. The molecule has 17 heavy (non-hydrogen) atoms. The first-order valence-electron chi connectivity index (χ1n) is 5.63. The average Bonchev–Trinajstić information content (AvgIpc) is 2.25. The molecule has 1 amide bonds. The van der Waals surface area contributed by atoms with Crippen molar-refractivity contribution in [2.75, 3.05) is 25.5 Å². The Kier molecular flexibility index (Phi) is 3.91. The van der Waals surface area contributed by atoms with Crippen molar-refractivity contribution in [2.24, 2.45) is 0 Å². The van der Waals surface area contributed by atoms with Gasteiger partial charge in [-0.2, -0.15) is 0 Å². The summed E-state index contributed by atoms with van der Waals surface area (Å²) >= 11 is 1.71. The van der Waals surface area contributed by atoms with Gasteiger partial charge in [0.15, 0.2) is 0 Å². The predicted molar refractivity (Wildman–Crippen MR) is 69.3 cm³/mol. The van der Waals surface area contributed by atoms with Crippen LogP contribution in [0.4, 0.5) is 5.69 Å². The Bertz CT molecular complexity index is 419. The lowest BCUT2D eigenvalue weighted by Gasteiger charge is -2.25. The molecule has 1 aliphatic heterocycles. The van der Waals surface area contributed by atoms with Gasteiger partial charge in [-0.05, 0) is 25.1 Å². The molecule has 0 unspecified atom stereocenters. The fourth-order valence-corrected chi connectivity index (χ4v) is 2.55. The summed E-state index contributed by atoms with van der Waals surface area (Å²) in [5, 5.41) is 3.24. The molecule has 0 atom stereocenters. The van der Waals surface area contributed by atoms with E-state index in [-0.39, 0.29) is 5.91 Å². The number of benzene rings is 1. The van der Waals surface area contributed by atoms with E-state index in [1.807, 2.05) is 19.1 Å². The summed E-state index contributed by atoms with van der Waals surface area (Å²) < 4.78 is 5.12. The van der Waals surface area contributed by atoms with E-state index < -0.39 is 0 Å². The standard InChI is InChI=1S/C12H16N2O2S/c1-2-14-12(15)8-3-4-11(10(13)5-8)17-9-6-16-7-9/h3-5,9H,2,6-7,13H2,1H3,(H,14,15). The van der Waals surface area contributed by atoms with Gasteiger partial charge in [-0.15, -0.1) is 11.8 Å². The lowest BCUT2D eigenvalue weighted by Crippen LogP contribution is -2.30. The molecule has 3 N–H and O–H groups in total. The van der Waals surface area contributed by atoms with Crippen molar-refractivity contribution in [2.45, 2.75) is 17.1 Å². The molecule has 0 aromatic heterocycles. The van der Waals surface area contributed by atoms with Crippen LogP contribution in [0, 0.1) is 0 Å². The van der Waals surface area contributed by atoms with E-state index in [0.29, 0.717) is 23.0 Å². The molecule has 1 aromatic rings. The lowest BCUT2D eigenvalue weighted by atomic mass is 10.2. The third-order valence-corrected chi connectivity index (χ3v) is 3.74. The van der Waals surface area contributed by atoms with E-state index in [1.54, 1.807) is 17.8 Å². The molecule has 0 aliphatic carbocycles. The highest BCUT2D eigenvalue weighted by Crippen LogP contribution is 2.32. The van der Waals surface area contributed by atoms with E-state index in [4.69, 9.17) is 10.5 Å². The number of carbonyl (C=O) groups excluding carboxylic acids is 1. The fraction of sp³-hybridized carbons (Fsp3) is 0.417. The highest BCUT2D eigenvalue weighted by atomic mass is 32.2. The summed E-state index contributed by atoms with van der Waals surface area (Å²) in [6.07, 6.45) is 0. The fourth-order valence-electron chi connectivity index (χ4n) is 1.52. The highest BCUT2D eigenvalue weighted by molar-refractivity contribution is 8.00. The number of ether oxygens (including phenoxy) is 1. The van der Waals surface area contributed by atoms with Crippen LogP contribution in [0.5, 0.6) is 0 Å². The van der Waals surface area contributed by atoms with E-state index in [2.05, 4.69) is 5.32 Å². The van der Waals surface area contributed by atoms with Gasteiger partial charge < -0.3 is 15.8 Å². The first-order valence-corrected chi connectivity index (χ1v) is 6.50. The SMILES string of the molecule is CCNC(=O)c1ccc(SC2COC2)c(N)c1. The topological polar surface area (TPSA) is 64.3 Å². The smallest absolute Gasteiger partial charge is 0.251 e. The number of nitrogens with two attached hydrogens (primary N) is 1. The Morgan fingerprint density at radius 2 is 2.35 bits per heavy atom. The Labute approximate surface area is 105 Å². The van der Waals surface area contributed by atoms with Crippen LogP contribution in [-0.4, -0.2) is 30.9 Å². The van der Waals surface area contributed by atoms with Gasteiger partial charge in [0.1, 0.15) is 0 Å². The number of anilines is 1. The van der Waals surface area contributed by atoms with Crippen molar-refractivity contribution in [3.63, 3.8) is 0 Å². The van der Waals surface area contributed by atoms with Gasteiger partial charge in [-0.1, -0.05) is 0 Å². The van der Waals surface area contributed by atoms with Gasteiger partial charge in [-0.25, -0.2) is 0 Å². The predicted octanol–water partition coefficient (Wildman–Crippen LogP) is 1.51. The number of nitrogens with one attached hydrogen (secondary N) is 1. The largest absolute Gasteiger partial charge is 0.398 e. The highest BCUT2D eigenvalue weighted by Gasteiger charge is 2.20. The number of thioether (sulfide) groups is 1. The number of hydrogen-bond acceptors (Lipinski definition) is 4. The van der Waals surface area contributed by atoms with Gasteiger partial charge in [0.25, 0.3) is 5.91 Å². The maximum absolute atomic E-state index is 11.6. The van der Waals surface area contributed by atoms with E-state index in [0.717, 1.165) is 18.1 Å². The zero-order valence-electron chi connectivity index (χ0n) is 9.73. The summed E-state index contributed by atoms with van der Waals surface area (Å²) in [6, 6.07) is 5.44. The van der Waals surface area contributed by atoms with Gasteiger partial charge in [0.05, 0.1) is 18.5 Å². The van der Waals surface area contributed by atoms with Crippen LogP contribution in [-0.2, 0) is 4.74 Å². The molecule has 1 saturated heterocycles. The summed E-state index contributed by atoms with van der Waals surface area (Å²) in [5.41, 5.74) is 7.21. The van der Waals surface area contributed by atoms with Gasteiger partial charge in [-0.3, -0.25) is 4.79 Å². The summed E-state index contributed by atoms with van der Waals surface area (Å²) in [4.78, 5) is 12.6. The van der Waals surface area contributed by atoms with E-state index in [1.165, 1.54) is 0 Å². The third-order valence-electron chi connectivity index (χ3n) is 2.51. The van der Waals surface area contributed by atoms with Crippen LogP contribution < -0.4 is 11.1 Å². The van der Waals surface area contributed by atoms with Crippen molar-refractivity contribution in [3.05, 3.63) is 23.8 Å². The molecule has 5 heteroatoms. The maximum atomic E-state index is 11.6. The first-order chi connectivity index (χ1) is 8.20. The van der Waals surface area contributed by atoms with E-state index >= 15 is 0 Å².